The van der Waals surface area contributed by atoms with Gasteiger partial charge in [-0.1, -0.05) is 27.7 Å². The molecule has 0 saturated heterocycles. The maximum atomic E-state index is 14.3. The number of alkyl halides is 2. The monoisotopic (exact) mass is 610 g/mol. The second-order valence-corrected chi connectivity index (χ2v) is 13.2. The van der Waals surface area contributed by atoms with Gasteiger partial charge in [-0.05, 0) is 70.1 Å². The highest BCUT2D eigenvalue weighted by atomic mass is 19.1. The second kappa shape index (κ2) is 18.5. The Hall–Kier alpha value is -2.25. The molecule has 0 aliphatic heterocycles. The number of aliphatic hydroxyl groups excluding tert-OH is 1. The molecule has 3 amide bonds. The van der Waals surface area contributed by atoms with Crippen molar-refractivity contribution in [3.05, 3.63) is 0 Å². The summed E-state index contributed by atoms with van der Waals surface area (Å²) in [4.78, 5) is 41.5. The van der Waals surface area contributed by atoms with Gasteiger partial charge in [-0.15, -0.1) is 11.8 Å². The minimum absolute atomic E-state index is 0.0261. The van der Waals surface area contributed by atoms with E-state index in [1.165, 1.54) is 5.01 Å². The van der Waals surface area contributed by atoms with Crippen LogP contribution in [0.3, 0.4) is 0 Å². The van der Waals surface area contributed by atoms with Crippen LogP contribution in [0, 0.1) is 41.4 Å². The number of nitrogens with zero attached hydrogens (tertiary/aromatic N) is 2. The van der Waals surface area contributed by atoms with E-state index < -0.39 is 30.4 Å². The largest absolute Gasteiger partial charge is 0.390 e. The molecule has 10 heteroatoms. The molecule has 0 heterocycles. The zero-order chi connectivity index (χ0) is 32.1. The molecule has 246 valence electrons. The fourth-order valence-electron chi connectivity index (χ4n) is 6.72. The molecule has 0 aromatic rings. The first kappa shape index (κ1) is 36.9. The molecule has 7 atom stereocenters. The first-order valence-electron chi connectivity index (χ1n) is 16.3. The molecular weight excluding hydrogens is 554 g/mol. The minimum atomic E-state index is -1.26. The summed E-state index contributed by atoms with van der Waals surface area (Å²) in [6, 6.07) is -0.775. The molecule has 0 bridgehead atoms. The van der Waals surface area contributed by atoms with Gasteiger partial charge in [-0.3, -0.25) is 19.8 Å². The van der Waals surface area contributed by atoms with E-state index in [-0.39, 0.29) is 73.6 Å². The third-order valence-corrected chi connectivity index (χ3v) is 8.51. The molecule has 2 aliphatic rings. The van der Waals surface area contributed by atoms with Gasteiger partial charge in [0.2, 0.25) is 17.7 Å². The second-order valence-electron chi connectivity index (χ2n) is 13.2. The average molecular weight is 611 g/mol. The van der Waals surface area contributed by atoms with Crippen molar-refractivity contribution in [2.45, 2.75) is 123 Å². The number of hydrogen-bond acceptors (Lipinski definition) is 5. The SMILES string of the molecule is CC#CC1CC(C(=O)NC(CC2CC(F)CC(F)C2)C(O)CN(C)NC(=O)CC(C)C)CC(C(=O)N(CCC)CCC)C1. The van der Waals surface area contributed by atoms with Crippen LogP contribution in [0.4, 0.5) is 8.78 Å². The highest BCUT2D eigenvalue weighted by Gasteiger charge is 2.39. The van der Waals surface area contributed by atoms with Crippen LogP contribution < -0.4 is 10.7 Å². The van der Waals surface area contributed by atoms with Crippen molar-refractivity contribution in [3.63, 3.8) is 0 Å². The molecule has 0 radical (unpaired) electrons. The zero-order valence-electron chi connectivity index (χ0n) is 27.2. The lowest BCUT2D eigenvalue weighted by atomic mass is 9.74. The Morgan fingerprint density at radius 2 is 1.56 bits per heavy atom. The Morgan fingerprint density at radius 3 is 2.12 bits per heavy atom. The van der Waals surface area contributed by atoms with E-state index in [1.54, 1.807) is 14.0 Å². The number of likely N-dealkylation sites (N-methyl/N-ethyl adjacent to an activating group) is 1. The van der Waals surface area contributed by atoms with Gasteiger partial charge in [-0.2, -0.15) is 0 Å². The standard InChI is InChI=1S/C33H56F2N4O4/c1-7-10-23-14-25(19-26(15-23)33(43)39(11-8-2)12-9-3)32(42)36-29(18-24-16-27(34)20-28(35)17-24)30(40)21-38(6)37-31(41)13-22(4)5/h22-30,40H,8-9,11-21H2,1-6H3,(H,36,42)(H,37,41). The Morgan fingerprint density at radius 1 is 0.953 bits per heavy atom. The third kappa shape index (κ3) is 12.7. The number of carbonyl (C=O) groups is 3. The molecule has 2 aliphatic carbocycles. The summed E-state index contributed by atoms with van der Waals surface area (Å²) in [5.74, 6) is 4.66. The molecule has 8 nitrogen and oxygen atoms in total. The van der Waals surface area contributed by atoms with Gasteiger partial charge in [0.25, 0.3) is 0 Å². The van der Waals surface area contributed by atoms with E-state index in [4.69, 9.17) is 0 Å². The van der Waals surface area contributed by atoms with E-state index in [0.717, 1.165) is 12.8 Å². The predicted molar refractivity (Wildman–Crippen MR) is 165 cm³/mol. The van der Waals surface area contributed by atoms with Crippen LogP contribution in [-0.4, -0.2) is 83.9 Å². The first-order valence-corrected chi connectivity index (χ1v) is 16.3. The van der Waals surface area contributed by atoms with Gasteiger partial charge >= 0.3 is 0 Å². The number of halogens is 2. The molecule has 0 aromatic carbocycles. The van der Waals surface area contributed by atoms with Crippen molar-refractivity contribution in [3.8, 4) is 11.8 Å². The van der Waals surface area contributed by atoms with Gasteiger partial charge in [0, 0.05) is 57.3 Å². The van der Waals surface area contributed by atoms with Crippen LogP contribution in [0.2, 0.25) is 0 Å². The lowest BCUT2D eigenvalue weighted by Crippen LogP contribution is -2.53. The Kier molecular flexibility index (Phi) is 15.9. The van der Waals surface area contributed by atoms with Crippen LogP contribution in [0.25, 0.3) is 0 Å². The summed E-state index contributed by atoms with van der Waals surface area (Å²) < 4.78 is 28.5. The minimum Gasteiger partial charge on any atom is -0.390 e. The van der Waals surface area contributed by atoms with Crippen LogP contribution in [-0.2, 0) is 14.4 Å². The van der Waals surface area contributed by atoms with Crippen LogP contribution in [0.1, 0.15) is 98.8 Å². The third-order valence-electron chi connectivity index (χ3n) is 8.51. The maximum absolute atomic E-state index is 14.3. The predicted octanol–water partition coefficient (Wildman–Crippen LogP) is 4.41. The molecule has 2 saturated carbocycles. The molecule has 43 heavy (non-hydrogen) atoms. The van der Waals surface area contributed by atoms with E-state index >= 15 is 0 Å². The van der Waals surface area contributed by atoms with Crippen molar-refractivity contribution < 1.29 is 28.3 Å². The van der Waals surface area contributed by atoms with E-state index in [9.17, 15) is 28.3 Å². The number of carbonyl (C=O) groups excluding carboxylic acids is 3. The maximum Gasteiger partial charge on any atom is 0.234 e. The number of rotatable bonds is 15. The molecule has 2 rings (SSSR count). The Balaban J connectivity index is 2.21. The number of nitrogens with one attached hydrogen (secondary N) is 2. The van der Waals surface area contributed by atoms with Gasteiger partial charge in [-0.25, -0.2) is 13.8 Å². The van der Waals surface area contributed by atoms with Gasteiger partial charge in [0.05, 0.1) is 12.1 Å². The Bertz CT molecular complexity index is 939. The normalized spacial score (nSPS) is 27.1. The topological polar surface area (TPSA) is 102 Å². The molecule has 0 aromatic heterocycles. The van der Waals surface area contributed by atoms with Crippen molar-refractivity contribution in [2.75, 3.05) is 26.7 Å². The summed E-state index contributed by atoms with van der Waals surface area (Å²) in [7, 11) is 1.64. The van der Waals surface area contributed by atoms with E-state index in [1.807, 2.05) is 32.6 Å². The summed E-state index contributed by atoms with van der Waals surface area (Å²) >= 11 is 0. The fourth-order valence-corrected chi connectivity index (χ4v) is 6.72. The van der Waals surface area contributed by atoms with Crippen molar-refractivity contribution in [1.29, 1.82) is 0 Å². The molecule has 0 spiro atoms. The summed E-state index contributed by atoms with van der Waals surface area (Å²) in [5.41, 5.74) is 2.75. The summed E-state index contributed by atoms with van der Waals surface area (Å²) in [6.45, 7) is 11.1. The number of aliphatic hydroxyl groups is 1. The lowest BCUT2D eigenvalue weighted by Gasteiger charge is -2.37. The zero-order valence-corrected chi connectivity index (χ0v) is 27.2. The number of amides is 3. The van der Waals surface area contributed by atoms with Crippen LogP contribution >= 0.6 is 0 Å². The molecule has 3 N–H and O–H groups in total. The lowest BCUT2D eigenvalue weighted by molar-refractivity contribution is -0.139. The highest BCUT2D eigenvalue weighted by molar-refractivity contribution is 5.83. The molecule has 2 fully saturated rings. The van der Waals surface area contributed by atoms with Gasteiger partial charge in [0.1, 0.15) is 12.3 Å². The summed E-state index contributed by atoms with van der Waals surface area (Å²) in [6.07, 6.45) is 0.402. The van der Waals surface area contributed by atoms with Gasteiger partial charge in [0.15, 0.2) is 0 Å². The smallest absolute Gasteiger partial charge is 0.234 e. The van der Waals surface area contributed by atoms with Crippen molar-refractivity contribution in [1.82, 2.24) is 20.7 Å². The average Bonchev–Trinajstić information content (AvgIpc) is 2.91. The van der Waals surface area contributed by atoms with E-state index in [0.29, 0.717) is 38.8 Å². The molecular formula is C33H56F2N4O4. The quantitative estimate of drug-likeness (QED) is 0.188. The van der Waals surface area contributed by atoms with Crippen LogP contribution in [0.5, 0.6) is 0 Å². The number of hydrogen-bond donors (Lipinski definition) is 3. The van der Waals surface area contributed by atoms with E-state index in [2.05, 4.69) is 22.6 Å². The summed E-state index contributed by atoms with van der Waals surface area (Å²) in [5, 5.41) is 15.8. The Labute approximate surface area is 258 Å². The van der Waals surface area contributed by atoms with Gasteiger partial charge < -0.3 is 15.3 Å². The van der Waals surface area contributed by atoms with Crippen LogP contribution in [0.15, 0.2) is 0 Å². The highest BCUT2D eigenvalue weighted by Crippen LogP contribution is 2.36. The van der Waals surface area contributed by atoms with Crippen molar-refractivity contribution in [2.24, 2.45) is 29.6 Å². The fraction of sp³-hybridized carbons (Fsp3) is 0.848. The first-order chi connectivity index (χ1) is 20.4. The molecule has 7 unspecified atom stereocenters. The van der Waals surface area contributed by atoms with Crippen molar-refractivity contribution >= 4 is 17.7 Å². The number of hydrazine groups is 1.